The Kier molecular flexibility index (Phi) is 8.22. The van der Waals surface area contributed by atoms with Crippen LogP contribution in [0.4, 0.5) is 0 Å². The number of amides is 3. The number of nitrogens with one attached hydrogen (secondary N) is 1. The number of piperidine rings is 3. The highest BCUT2D eigenvalue weighted by atomic mass is 16.2. The van der Waals surface area contributed by atoms with Crippen molar-refractivity contribution in [1.82, 2.24) is 24.3 Å². The highest BCUT2D eigenvalue weighted by molar-refractivity contribution is 6.00. The van der Waals surface area contributed by atoms with E-state index in [2.05, 4.69) is 70.6 Å². The van der Waals surface area contributed by atoms with Crippen LogP contribution in [-0.4, -0.2) is 69.4 Å². The third kappa shape index (κ3) is 5.85. The molecule has 0 bridgehead atoms. The number of imide groups is 1. The van der Waals surface area contributed by atoms with Gasteiger partial charge in [-0.3, -0.25) is 33.7 Å². The highest BCUT2D eigenvalue weighted by Gasteiger charge is 2.32. The summed E-state index contributed by atoms with van der Waals surface area (Å²) < 4.78 is 3.12. The zero-order valence-corrected chi connectivity index (χ0v) is 26.2. The molecule has 0 aliphatic carbocycles. The van der Waals surface area contributed by atoms with E-state index in [0.29, 0.717) is 30.3 Å². The molecule has 3 amide bonds. The van der Waals surface area contributed by atoms with E-state index in [4.69, 9.17) is 0 Å². The van der Waals surface area contributed by atoms with Crippen LogP contribution >= 0.6 is 0 Å². The minimum Gasteiger partial charge on any atom is -0.341 e. The number of likely N-dealkylation sites (tertiary alicyclic amines) is 2. The summed E-state index contributed by atoms with van der Waals surface area (Å²) in [4.78, 5) is 54.8. The van der Waals surface area contributed by atoms with E-state index < -0.39 is 11.9 Å². The Morgan fingerprint density at radius 2 is 1.63 bits per heavy atom. The fraction of sp³-hybridized carbons (Fsp3) is 0.405. The second-order valence-electron chi connectivity index (χ2n) is 12.9. The van der Waals surface area contributed by atoms with Crippen LogP contribution < -0.4 is 11.0 Å². The Labute approximate surface area is 268 Å². The van der Waals surface area contributed by atoms with Crippen molar-refractivity contribution in [2.75, 3.05) is 32.7 Å². The molecule has 0 spiro atoms. The summed E-state index contributed by atoms with van der Waals surface area (Å²) >= 11 is 0. The normalized spacial score (nSPS) is 20.1. The summed E-state index contributed by atoms with van der Waals surface area (Å²) in [7, 11) is 1.73. The minimum absolute atomic E-state index is 0.199. The number of carbonyl (C=O) groups is 3. The molecule has 3 aromatic carbocycles. The van der Waals surface area contributed by atoms with Crippen LogP contribution in [0.2, 0.25) is 0 Å². The fourth-order valence-corrected chi connectivity index (χ4v) is 7.37. The smallest absolute Gasteiger partial charge is 0.329 e. The summed E-state index contributed by atoms with van der Waals surface area (Å²) in [5, 5.41) is 4.75. The average Bonchev–Trinajstić information content (AvgIpc) is 3.32. The summed E-state index contributed by atoms with van der Waals surface area (Å²) in [5.41, 5.74) is 3.47. The van der Waals surface area contributed by atoms with Gasteiger partial charge in [0.2, 0.25) is 17.7 Å². The lowest BCUT2D eigenvalue weighted by Gasteiger charge is -2.35. The molecule has 3 aliphatic heterocycles. The van der Waals surface area contributed by atoms with Gasteiger partial charge in [-0.05, 0) is 85.6 Å². The Morgan fingerprint density at radius 3 is 2.41 bits per heavy atom. The van der Waals surface area contributed by atoms with Gasteiger partial charge in [-0.1, -0.05) is 54.3 Å². The predicted molar refractivity (Wildman–Crippen MR) is 177 cm³/mol. The lowest BCUT2D eigenvalue weighted by atomic mass is 9.89. The van der Waals surface area contributed by atoms with E-state index in [0.717, 1.165) is 62.9 Å². The lowest BCUT2D eigenvalue weighted by Crippen LogP contribution is -2.45. The third-order valence-electron chi connectivity index (χ3n) is 10.1. The summed E-state index contributed by atoms with van der Waals surface area (Å²) in [5.74, 6) is 7.01. The molecule has 3 aliphatic rings. The Hall–Kier alpha value is -4.68. The number of benzene rings is 3. The topological polar surface area (TPSA) is 96.6 Å². The molecule has 0 saturated carbocycles. The number of fused-ring (bicyclic) bond motifs is 2. The number of imidazole rings is 1. The van der Waals surface area contributed by atoms with Crippen molar-refractivity contribution in [2.45, 2.75) is 50.5 Å². The average molecular weight is 618 g/mol. The number of rotatable bonds is 4. The van der Waals surface area contributed by atoms with E-state index in [9.17, 15) is 19.2 Å². The van der Waals surface area contributed by atoms with Gasteiger partial charge in [-0.25, -0.2) is 4.79 Å². The van der Waals surface area contributed by atoms with Crippen molar-refractivity contribution in [3.8, 4) is 11.8 Å². The first-order chi connectivity index (χ1) is 22.4. The van der Waals surface area contributed by atoms with E-state index in [1.54, 1.807) is 11.6 Å². The predicted octanol–water partition coefficient (Wildman–Crippen LogP) is 3.94. The SMILES string of the molecule is Cn1c(=O)n(C2CCC(=O)NC2=O)c2ccc(C3CCN(CC(=O)N4CCC(C#Cc5cccc6ccccc56)CC4)CC3)cc21. The molecule has 9 heteroatoms. The maximum atomic E-state index is 13.2. The van der Waals surface area contributed by atoms with Crippen LogP contribution in [0, 0.1) is 17.8 Å². The summed E-state index contributed by atoms with van der Waals surface area (Å²) in [6, 6.07) is 20.0. The van der Waals surface area contributed by atoms with Crippen molar-refractivity contribution in [2.24, 2.45) is 13.0 Å². The van der Waals surface area contributed by atoms with Crippen LogP contribution in [-0.2, 0) is 21.4 Å². The van der Waals surface area contributed by atoms with Crippen molar-refractivity contribution in [3.05, 3.63) is 82.3 Å². The van der Waals surface area contributed by atoms with Gasteiger partial charge in [0.15, 0.2) is 0 Å². The summed E-state index contributed by atoms with van der Waals surface area (Å²) in [6.45, 7) is 3.64. The zero-order chi connectivity index (χ0) is 31.8. The van der Waals surface area contributed by atoms with Crippen molar-refractivity contribution in [3.63, 3.8) is 0 Å². The Bertz CT molecular complexity index is 1940. The molecule has 1 aromatic heterocycles. The number of aromatic nitrogens is 2. The fourth-order valence-electron chi connectivity index (χ4n) is 7.37. The van der Waals surface area contributed by atoms with E-state index in [1.165, 1.54) is 20.9 Å². The number of hydrogen-bond donors (Lipinski definition) is 1. The number of carbonyl (C=O) groups excluding carboxylic acids is 3. The van der Waals surface area contributed by atoms with Crippen molar-refractivity contribution in [1.29, 1.82) is 0 Å². The molecule has 46 heavy (non-hydrogen) atoms. The van der Waals surface area contributed by atoms with E-state index >= 15 is 0 Å². The maximum Gasteiger partial charge on any atom is 0.329 e. The van der Waals surface area contributed by atoms with Gasteiger partial charge in [0.1, 0.15) is 6.04 Å². The molecule has 3 saturated heterocycles. The molecule has 9 nitrogen and oxygen atoms in total. The van der Waals surface area contributed by atoms with E-state index in [1.807, 2.05) is 17.0 Å². The first-order valence-electron chi connectivity index (χ1n) is 16.4. The van der Waals surface area contributed by atoms with Gasteiger partial charge in [0, 0.05) is 38.0 Å². The molecular formula is C37H39N5O4. The van der Waals surface area contributed by atoms with Crippen LogP contribution in [0.1, 0.15) is 61.6 Å². The lowest BCUT2D eigenvalue weighted by molar-refractivity contribution is -0.136. The molecule has 0 radical (unpaired) electrons. The van der Waals surface area contributed by atoms with Gasteiger partial charge in [0.25, 0.3) is 0 Å². The van der Waals surface area contributed by atoms with Gasteiger partial charge >= 0.3 is 5.69 Å². The number of aryl methyl sites for hydroxylation is 1. The van der Waals surface area contributed by atoms with Crippen LogP contribution in [0.5, 0.6) is 0 Å². The van der Waals surface area contributed by atoms with Crippen molar-refractivity contribution < 1.29 is 14.4 Å². The van der Waals surface area contributed by atoms with E-state index in [-0.39, 0.29) is 23.9 Å². The first kappa shape index (κ1) is 30.0. The van der Waals surface area contributed by atoms with Gasteiger partial charge in [-0.15, -0.1) is 0 Å². The van der Waals surface area contributed by atoms with Gasteiger partial charge < -0.3 is 4.90 Å². The molecule has 1 N–H and O–H groups in total. The third-order valence-corrected chi connectivity index (χ3v) is 10.1. The monoisotopic (exact) mass is 617 g/mol. The highest BCUT2D eigenvalue weighted by Crippen LogP contribution is 2.31. The van der Waals surface area contributed by atoms with Crippen molar-refractivity contribution >= 4 is 39.5 Å². The van der Waals surface area contributed by atoms with Crippen LogP contribution in [0.3, 0.4) is 0 Å². The van der Waals surface area contributed by atoms with Gasteiger partial charge in [-0.2, -0.15) is 0 Å². The molecular weight excluding hydrogens is 578 g/mol. The maximum absolute atomic E-state index is 13.2. The largest absolute Gasteiger partial charge is 0.341 e. The Balaban J connectivity index is 0.927. The number of nitrogens with zero attached hydrogens (tertiary/aromatic N) is 4. The molecule has 4 heterocycles. The summed E-state index contributed by atoms with van der Waals surface area (Å²) in [6.07, 6.45) is 4.22. The second kappa shape index (κ2) is 12.6. The molecule has 3 fully saturated rings. The molecule has 7 rings (SSSR count). The second-order valence-corrected chi connectivity index (χ2v) is 12.9. The first-order valence-corrected chi connectivity index (χ1v) is 16.4. The molecule has 1 atom stereocenters. The standard InChI is InChI=1S/C37H39N5O4/c1-39-33-23-29(11-12-31(33)42(37(39)46)32-13-14-34(43)38-36(32)45)26-17-19-40(20-18-26)24-35(44)41-21-15-25(16-22-41)9-10-28-7-4-6-27-5-2-3-8-30(27)28/h2-8,11-12,23,25-26,32H,13-22,24H2,1H3,(H,38,43,45). The zero-order valence-electron chi connectivity index (χ0n) is 26.2. The van der Waals surface area contributed by atoms with Gasteiger partial charge in [0.05, 0.1) is 17.6 Å². The minimum atomic E-state index is -0.686. The molecule has 1 unspecified atom stereocenters. The van der Waals surface area contributed by atoms with Crippen LogP contribution in [0.25, 0.3) is 21.8 Å². The quantitative estimate of drug-likeness (QED) is 0.277. The number of hydrogen-bond acceptors (Lipinski definition) is 5. The molecule has 4 aromatic rings. The Morgan fingerprint density at radius 1 is 0.870 bits per heavy atom. The van der Waals surface area contributed by atoms with Crippen LogP contribution in [0.15, 0.2) is 65.5 Å². The molecule has 236 valence electrons.